The maximum atomic E-state index is 12.8. The third-order valence-electron chi connectivity index (χ3n) is 5.02. The van der Waals surface area contributed by atoms with Crippen molar-refractivity contribution in [3.05, 3.63) is 89.7 Å². The predicted molar refractivity (Wildman–Crippen MR) is 137 cm³/mol. The van der Waals surface area contributed by atoms with Crippen molar-refractivity contribution in [3.63, 3.8) is 0 Å². The third kappa shape index (κ3) is 5.89. The van der Waals surface area contributed by atoms with E-state index in [2.05, 4.69) is 20.8 Å². The zero-order chi connectivity index (χ0) is 23.9. The molecule has 0 fully saturated rings. The lowest BCUT2D eigenvalue weighted by molar-refractivity contribution is -0.115. The van der Waals surface area contributed by atoms with E-state index in [1.54, 1.807) is 7.11 Å². The summed E-state index contributed by atoms with van der Waals surface area (Å²) in [7, 11) is 1.63. The van der Waals surface area contributed by atoms with Gasteiger partial charge in [0.2, 0.25) is 5.91 Å². The van der Waals surface area contributed by atoms with E-state index in [9.17, 15) is 4.79 Å². The fraction of sp³-hybridized carbons (Fsp3) is 0.160. The number of aromatic nitrogens is 3. The Morgan fingerprint density at radius 3 is 2.38 bits per heavy atom. The molecule has 1 heterocycles. The monoisotopic (exact) mass is 493 g/mol. The van der Waals surface area contributed by atoms with Crippen molar-refractivity contribution in [2.24, 2.45) is 0 Å². The molecule has 4 rings (SSSR count). The molecule has 9 heteroatoms. The van der Waals surface area contributed by atoms with Gasteiger partial charge in [-0.2, -0.15) is 0 Å². The number of carbonyl (C=O) groups excluding carboxylic acids is 1. The number of carbonyl (C=O) groups is 1. The van der Waals surface area contributed by atoms with Gasteiger partial charge in [0, 0.05) is 22.1 Å². The highest BCUT2D eigenvalue weighted by molar-refractivity contribution is 8.00. The summed E-state index contributed by atoms with van der Waals surface area (Å²) < 4.78 is 7.24. The molecule has 0 saturated heterocycles. The maximum absolute atomic E-state index is 12.8. The molecule has 0 radical (unpaired) electrons. The van der Waals surface area contributed by atoms with E-state index in [-0.39, 0.29) is 5.91 Å². The van der Waals surface area contributed by atoms with Crippen molar-refractivity contribution in [1.29, 1.82) is 0 Å². The van der Waals surface area contributed by atoms with Crippen molar-refractivity contribution < 1.29 is 9.53 Å². The van der Waals surface area contributed by atoms with Crippen LogP contribution in [0, 0.1) is 0 Å². The van der Waals surface area contributed by atoms with Crippen LogP contribution in [0.5, 0.6) is 5.75 Å². The van der Waals surface area contributed by atoms with Crippen LogP contribution in [0.15, 0.2) is 84.0 Å². The second kappa shape index (κ2) is 11.1. The van der Waals surface area contributed by atoms with Gasteiger partial charge in [0.15, 0.2) is 11.0 Å². The van der Waals surface area contributed by atoms with E-state index in [4.69, 9.17) is 16.3 Å². The number of nitrogens with zero attached hydrogens (tertiary/aromatic N) is 3. The second-order valence-corrected chi connectivity index (χ2v) is 9.15. The Morgan fingerprint density at radius 2 is 1.71 bits per heavy atom. The lowest BCUT2D eigenvalue weighted by Gasteiger charge is -2.15. The number of benzene rings is 3. The lowest BCUT2D eigenvalue weighted by atomic mass is 10.3. The molecule has 1 amide bonds. The highest BCUT2D eigenvalue weighted by Crippen LogP contribution is 2.28. The van der Waals surface area contributed by atoms with Gasteiger partial charge in [-0.3, -0.25) is 9.36 Å². The van der Waals surface area contributed by atoms with Crippen LogP contribution in [-0.2, 0) is 11.3 Å². The van der Waals surface area contributed by atoms with Crippen LogP contribution >= 0.6 is 23.4 Å². The van der Waals surface area contributed by atoms with Gasteiger partial charge in [0.1, 0.15) is 5.75 Å². The summed E-state index contributed by atoms with van der Waals surface area (Å²) in [6.07, 6.45) is 0. The minimum absolute atomic E-state index is 0.110. The van der Waals surface area contributed by atoms with Crippen LogP contribution in [0.2, 0.25) is 5.02 Å². The van der Waals surface area contributed by atoms with Crippen molar-refractivity contribution in [3.8, 4) is 11.4 Å². The molecule has 7 nitrogen and oxygen atoms in total. The van der Waals surface area contributed by atoms with Crippen LogP contribution in [0.3, 0.4) is 0 Å². The summed E-state index contributed by atoms with van der Waals surface area (Å²) in [6, 6.07) is 24.5. The molecule has 34 heavy (non-hydrogen) atoms. The number of halogens is 1. The molecule has 174 valence electrons. The number of amides is 1. The molecule has 0 aliphatic heterocycles. The molecular weight excluding hydrogens is 470 g/mol. The summed E-state index contributed by atoms with van der Waals surface area (Å²) in [5.74, 6) is 1.35. The molecule has 0 aliphatic carbocycles. The van der Waals surface area contributed by atoms with Crippen molar-refractivity contribution >= 4 is 40.6 Å². The molecule has 1 atom stereocenters. The minimum atomic E-state index is -0.390. The van der Waals surface area contributed by atoms with Crippen LogP contribution in [-0.4, -0.2) is 33.0 Å². The Morgan fingerprint density at radius 1 is 1.00 bits per heavy atom. The van der Waals surface area contributed by atoms with Gasteiger partial charge >= 0.3 is 0 Å². The first kappa shape index (κ1) is 23.7. The van der Waals surface area contributed by atoms with Crippen molar-refractivity contribution in [1.82, 2.24) is 14.8 Å². The number of para-hydroxylation sites is 1. The van der Waals surface area contributed by atoms with Gasteiger partial charge in [-0.25, -0.2) is 0 Å². The Kier molecular flexibility index (Phi) is 7.72. The zero-order valence-corrected chi connectivity index (χ0v) is 20.3. The summed E-state index contributed by atoms with van der Waals surface area (Å²) >= 11 is 7.33. The van der Waals surface area contributed by atoms with Crippen LogP contribution < -0.4 is 15.4 Å². The zero-order valence-electron chi connectivity index (χ0n) is 18.7. The normalized spacial score (nSPS) is 11.6. The summed E-state index contributed by atoms with van der Waals surface area (Å²) in [4.78, 5) is 12.8. The average Bonchev–Trinajstić information content (AvgIpc) is 3.26. The highest BCUT2D eigenvalue weighted by Gasteiger charge is 2.21. The average molecular weight is 494 g/mol. The number of rotatable bonds is 9. The second-order valence-electron chi connectivity index (χ2n) is 7.41. The number of hydrogen-bond acceptors (Lipinski definition) is 6. The smallest absolute Gasteiger partial charge is 0.237 e. The number of ether oxygens (including phenoxy) is 1. The fourth-order valence-electron chi connectivity index (χ4n) is 3.21. The van der Waals surface area contributed by atoms with E-state index in [1.807, 2.05) is 90.4 Å². The highest BCUT2D eigenvalue weighted by atomic mass is 35.5. The lowest BCUT2D eigenvalue weighted by Crippen LogP contribution is -2.23. The SMILES string of the molecule is COc1ccc(-n2c(CNc3ccc(Cl)cc3)nnc2S[C@H](C)C(=O)Nc2ccccc2)cc1. The van der Waals surface area contributed by atoms with E-state index in [0.29, 0.717) is 22.5 Å². The first-order chi connectivity index (χ1) is 16.5. The third-order valence-corrected chi connectivity index (χ3v) is 6.31. The summed E-state index contributed by atoms with van der Waals surface area (Å²) in [5, 5.41) is 16.0. The van der Waals surface area contributed by atoms with Crippen LogP contribution in [0.4, 0.5) is 11.4 Å². The molecule has 2 N–H and O–H groups in total. The molecule has 3 aromatic carbocycles. The van der Waals surface area contributed by atoms with Gasteiger partial charge < -0.3 is 15.4 Å². The topological polar surface area (TPSA) is 81.1 Å². The minimum Gasteiger partial charge on any atom is -0.497 e. The van der Waals surface area contributed by atoms with Crippen molar-refractivity contribution in [2.45, 2.75) is 23.9 Å². The van der Waals surface area contributed by atoms with Gasteiger partial charge in [-0.1, -0.05) is 41.6 Å². The largest absolute Gasteiger partial charge is 0.497 e. The quantitative estimate of drug-likeness (QED) is 0.293. The van der Waals surface area contributed by atoms with E-state index in [1.165, 1.54) is 11.8 Å². The maximum Gasteiger partial charge on any atom is 0.237 e. The van der Waals surface area contributed by atoms with Gasteiger partial charge in [0.25, 0.3) is 0 Å². The Balaban J connectivity index is 1.56. The van der Waals surface area contributed by atoms with Gasteiger partial charge in [-0.15, -0.1) is 10.2 Å². The van der Waals surface area contributed by atoms with E-state index < -0.39 is 5.25 Å². The summed E-state index contributed by atoms with van der Waals surface area (Å²) in [5.41, 5.74) is 2.54. The number of methoxy groups -OCH3 is 1. The standard InChI is InChI=1S/C25H24ClN5O2S/c1-17(24(32)28-20-6-4-3-5-7-20)34-25-30-29-23(16-27-19-10-8-18(26)9-11-19)31(25)21-12-14-22(33-2)15-13-21/h3-15,17,27H,16H2,1-2H3,(H,28,32)/t17-/m1/s1. The summed E-state index contributed by atoms with van der Waals surface area (Å²) in [6.45, 7) is 2.29. The number of hydrogen-bond donors (Lipinski definition) is 2. The Hall–Kier alpha value is -3.49. The van der Waals surface area contributed by atoms with Gasteiger partial charge in [0.05, 0.1) is 18.9 Å². The Bertz CT molecular complexity index is 1230. The van der Waals surface area contributed by atoms with E-state index in [0.717, 1.165) is 22.8 Å². The molecular formula is C25H24ClN5O2S. The molecule has 0 unspecified atom stereocenters. The molecule has 0 aliphatic rings. The fourth-order valence-corrected chi connectivity index (χ4v) is 4.22. The number of anilines is 2. The van der Waals surface area contributed by atoms with Crippen LogP contribution in [0.25, 0.3) is 5.69 Å². The predicted octanol–water partition coefficient (Wildman–Crippen LogP) is 5.66. The first-order valence-electron chi connectivity index (χ1n) is 10.6. The molecule has 1 aromatic heterocycles. The van der Waals surface area contributed by atoms with Crippen molar-refractivity contribution in [2.75, 3.05) is 17.7 Å². The Labute approximate surface area is 207 Å². The van der Waals surface area contributed by atoms with Crippen LogP contribution in [0.1, 0.15) is 12.7 Å². The number of nitrogens with one attached hydrogen (secondary N) is 2. The van der Waals surface area contributed by atoms with Gasteiger partial charge in [-0.05, 0) is 67.6 Å². The molecule has 0 saturated carbocycles. The number of thioether (sulfide) groups is 1. The first-order valence-corrected chi connectivity index (χ1v) is 11.9. The molecule has 0 bridgehead atoms. The molecule has 4 aromatic rings. The molecule has 0 spiro atoms. The van der Waals surface area contributed by atoms with E-state index >= 15 is 0 Å².